The van der Waals surface area contributed by atoms with Gasteiger partial charge >= 0.3 is 0 Å². The molecule has 1 nitrogen and oxygen atoms in total. The smallest absolute Gasteiger partial charge is 0.0464 e. The third-order valence-corrected chi connectivity index (χ3v) is 4.27. The van der Waals surface area contributed by atoms with E-state index in [4.69, 9.17) is 0 Å². The van der Waals surface area contributed by atoms with Gasteiger partial charge in [-0.2, -0.15) is 0 Å². The van der Waals surface area contributed by atoms with Gasteiger partial charge in [-0.25, -0.2) is 0 Å². The second kappa shape index (κ2) is 6.59. The van der Waals surface area contributed by atoms with Crippen LogP contribution in [-0.2, 0) is 6.42 Å². The van der Waals surface area contributed by atoms with Crippen LogP contribution in [-0.4, -0.2) is 0 Å². The Morgan fingerprint density at radius 1 is 0.625 bits per heavy atom. The highest BCUT2D eigenvalue weighted by molar-refractivity contribution is 5.76. The van der Waals surface area contributed by atoms with Gasteiger partial charge in [-0.1, -0.05) is 66.7 Å². The number of fused-ring (bicyclic) bond motifs is 1. The van der Waals surface area contributed by atoms with Crippen LogP contribution in [0.15, 0.2) is 103 Å². The Morgan fingerprint density at radius 3 is 1.88 bits per heavy atom. The molecule has 0 saturated heterocycles. The van der Waals surface area contributed by atoms with E-state index < -0.39 is 0 Å². The predicted octanol–water partition coefficient (Wildman–Crippen LogP) is 5.98. The summed E-state index contributed by atoms with van der Waals surface area (Å²) in [5.74, 6) is 0. The van der Waals surface area contributed by atoms with Gasteiger partial charge in [0.05, 0.1) is 0 Å². The predicted molar refractivity (Wildman–Crippen MR) is 102 cm³/mol. The zero-order valence-electron chi connectivity index (χ0n) is 13.5. The summed E-state index contributed by atoms with van der Waals surface area (Å²) in [5.41, 5.74) is 6.16. The van der Waals surface area contributed by atoms with Crippen molar-refractivity contribution in [2.45, 2.75) is 6.42 Å². The Kier molecular flexibility index (Phi) is 3.99. The third-order valence-electron chi connectivity index (χ3n) is 4.27. The molecule has 0 saturated carbocycles. The fourth-order valence-corrected chi connectivity index (χ4v) is 3.12. The van der Waals surface area contributed by atoms with E-state index in [-0.39, 0.29) is 0 Å². The number of nitrogens with zero attached hydrogens (tertiary/aromatic N) is 1. The molecule has 0 amide bonds. The molecule has 3 aromatic rings. The van der Waals surface area contributed by atoms with E-state index in [9.17, 15) is 0 Å². The van der Waals surface area contributed by atoms with Crippen LogP contribution >= 0.6 is 0 Å². The number of hydrogen-bond acceptors (Lipinski definition) is 1. The number of hydrogen-bond donors (Lipinski definition) is 0. The topological polar surface area (TPSA) is 3.24 Å². The molecule has 1 aliphatic carbocycles. The standard InChI is InChI=1S/C23H19N/c1-3-13-21(14-4-1)24(22-15-5-2-6-16-22)23-17-9-12-19-10-7-8-11-20(19)18-23/h1-11,13-18H,12H2. The molecule has 0 heterocycles. The Morgan fingerprint density at radius 2 is 1.21 bits per heavy atom. The van der Waals surface area contributed by atoms with Crippen molar-refractivity contribution < 1.29 is 0 Å². The molecule has 0 fully saturated rings. The van der Waals surface area contributed by atoms with Crippen molar-refractivity contribution in [3.05, 3.63) is 114 Å². The molecule has 3 aromatic carbocycles. The van der Waals surface area contributed by atoms with E-state index in [0.29, 0.717) is 0 Å². The summed E-state index contributed by atoms with van der Waals surface area (Å²) >= 11 is 0. The quantitative estimate of drug-likeness (QED) is 0.575. The molecule has 1 aliphatic rings. The molecular weight excluding hydrogens is 290 g/mol. The maximum Gasteiger partial charge on any atom is 0.0464 e. The highest BCUT2D eigenvalue weighted by Gasteiger charge is 2.14. The second-order valence-corrected chi connectivity index (χ2v) is 5.88. The normalized spacial score (nSPS) is 12.9. The van der Waals surface area contributed by atoms with Crippen LogP contribution in [0.1, 0.15) is 11.1 Å². The largest absolute Gasteiger partial charge is 0.310 e. The molecule has 0 bridgehead atoms. The van der Waals surface area contributed by atoms with Crippen molar-refractivity contribution in [2.75, 3.05) is 4.90 Å². The number of para-hydroxylation sites is 2. The summed E-state index contributed by atoms with van der Waals surface area (Å²) in [7, 11) is 0. The van der Waals surface area contributed by atoms with E-state index in [1.54, 1.807) is 0 Å². The maximum absolute atomic E-state index is 2.30. The number of benzene rings is 3. The lowest BCUT2D eigenvalue weighted by atomic mass is 10.1. The van der Waals surface area contributed by atoms with E-state index in [0.717, 1.165) is 6.42 Å². The molecule has 1 heteroatoms. The first-order chi connectivity index (χ1) is 11.9. The molecule has 0 aromatic heterocycles. The van der Waals surface area contributed by atoms with Gasteiger partial charge in [-0.15, -0.1) is 0 Å². The Labute approximate surface area is 143 Å². The first kappa shape index (κ1) is 14.5. The van der Waals surface area contributed by atoms with Gasteiger partial charge in [0.15, 0.2) is 0 Å². The van der Waals surface area contributed by atoms with Crippen LogP contribution in [0, 0.1) is 0 Å². The van der Waals surface area contributed by atoms with Crippen molar-refractivity contribution in [3.63, 3.8) is 0 Å². The minimum Gasteiger partial charge on any atom is -0.310 e. The average molecular weight is 309 g/mol. The SMILES string of the molecule is C1=CC(N(c2ccccc2)c2ccccc2)=Cc2ccccc2C1. The Balaban J connectivity index is 1.87. The number of allylic oxidation sites excluding steroid dienone is 2. The lowest BCUT2D eigenvalue weighted by Crippen LogP contribution is -2.14. The van der Waals surface area contributed by atoms with Gasteiger partial charge in [0, 0.05) is 17.1 Å². The number of rotatable bonds is 3. The maximum atomic E-state index is 2.30. The first-order valence-corrected chi connectivity index (χ1v) is 8.28. The van der Waals surface area contributed by atoms with E-state index in [2.05, 4.69) is 108 Å². The van der Waals surface area contributed by atoms with Crippen molar-refractivity contribution >= 4 is 17.5 Å². The first-order valence-electron chi connectivity index (χ1n) is 8.28. The van der Waals surface area contributed by atoms with Crippen LogP contribution in [0.3, 0.4) is 0 Å². The molecule has 0 spiro atoms. The molecule has 0 radical (unpaired) electrons. The summed E-state index contributed by atoms with van der Waals surface area (Å²) in [4.78, 5) is 2.30. The summed E-state index contributed by atoms with van der Waals surface area (Å²) in [5, 5.41) is 0. The van der Waals surface area contributed by atoms with Gasteiger partial charge in [0.2, 0.25) is 0 Å². The Hall–Kier alpha value is -3.06. The third kappa shape index (κ3) is 2.89. The highest BCUT2D eigenvalue weighted by atomic mass is 15.1. The fourth-order valence-electron chi connectivity index (χ4n) is 3.12. The van der Waals surface area contributed by atoms with Crippen LogP contribution in [0.2, 0.25) is 0 Å². The van der Waals surface area contributed by atoms with Crippen molar-refractivity contribution in [2.24, 2.45) is 0 Å². The average Bonchev–Trinajstić information content (AvgIpc) is 2.86. The Bertz CT molecular complexity index is 837. The number of anilines is 2. The molecule has 0 atom stereocenters. The van der Waals surface area contributed by atoms with Gasteiger partial charge in [-0.3, -0.25) is 0 Å². The molecule has 116 valence electrons. The second-order valence-electron chi connectivity index (χ2n) is 5.88. The fraction of sp³-hybridized carbons (Fsp3) is 0.0435. The van der Waals surface area contributed by atoms with Crippen LogP contribution in [0.25, 0.3) is 6.08 Å². The van der Waals surface area contributed by atoms with Gasteiger partial charge in [0.25, 0.3) is 0 Å². The van der Waals surface area contributed by atoms with Crippen molar-refractivity contribution in [3.8, 4) is 0 Å². The summed E-state index contributed by atoms with van der Waals surface area (Å²) in [6.07, 6.45) is 7.71. The van der Waals surface area contributed by atoms with Crippen LogP contribution in [0.5, 0.6) is 0 Å². The molecule has 4 rings (SSSR count). The molecular formula is C23H19N. The summed E-state index contributed by atoms with van der Waals surface area (Å²) < 4.78 is 0. The molecule has 0 N–H and O–H groups in total. The van der Waals surface area contributed by atoms with E-state index >= 15 is 0 Å². The molecule has 0 aliphatic heterocycles. The van der Waals surface area contributed by atoms with Gasteiger partial charge < -0.3 is 4.90 Å². The van der Waals surface area contributed by atoms with Gasteiger partial charge in [-0.05, 0) is 54.0 Å². The van der Waals surface area contributed by atoms with E-state index in [1.807, 2.05) is 0 Å². The summed E-state index contributed by atoms with van der Waals surface area (Å²) in [6, 6.07) is 29.7. The highest BCUT2D eigenvalue weighted by Crippen LogP contribution is 2.32. The molecule has 0 unspecified atom stereocenters. The van der Waals surface area contributed by atoms with Crippen LogP contribution in [0.4, 0.5) is 11.4 Å². The summed E-state index contributed by atoms with van der Waals surface area (Å²) in [6.45, 7) is 0. The van der Waals surface area contributed by atoms with Crippen molar-refractivity contribution in [1.82, 2.24) is 0 Å². The monoisotopic (exact) mass is 309 g/mol. The van der Waals surface area contributed by atoms with Crippen LogP contribution < -0.4 is 4.90 Å². The van der Waals surface area contributed by atoms with Gasteiger partial charge in [0.1, 0.15) is 0 Å². The zero-order chi connectivity index (χ0) is 16.2. The lowest BCUT2D eigenvalue weighted by molar-refractivity contribution is 1.22. The zero-order valence-corrected chi connectivity index (χ0v) is 13.5. The minimum absolute atomic E-state index is 0.966. The lowest BCUT2D eigenvalue weighted by Gasteiger charge is -2.26. The minimum atomic E-state index is 0.966. The molecule has 24 heavy (non-hydrogen) atoms. The van der Waals surface area contributed by atoms with E-state index in [1.165, 1.54) is 28.2 Å². The van der Waals surface area contributed by atoms with Crippen molar-refractivity contribution in [1.29, 1.82) is 0 Å².